The van der Waals surface area contributed by atoms with Gasteiger partial charge in [-0.25, -0.2) is 4.98 Å². The van der Waals surface area contributed by atoms with Crippen molar-refractivity contribution < 1.29 is 9.53 Å². The highest BCUT2D eigenvalue weighted by atomic mass is 32.1. The number of aromatic nitrogens is 1. The molecule has 2 N–H and O–H groups in total. The number of ether oxygens (including phenoxy) is 1. The molecule has 21 heavy (non-hydrogen) atoms. The van der Waals surface area contributed by atoms with Crippen molar-refractivity contribution in [3.05, 3.63) is 53.6 Å². The van der Waals surface area contributed by atoms with Crippen LogP contribution < -0.4 is 10.5 Å². The van der Waals surface area contributed by atoms with E-state index in [2.05, 4.69) is 11.6 Å². The summed E-state index contributed by atoms with van der Waals surface area (Å²) >= 11 is 1.26. The van der Waals surface area contributed by atoms with Crippen LogP contribution in [0.4, 0.5) is 5.13 Å². The summed E-state index contributed by atoms with van der Waals surface area (Å²) < 4.78 is 5.41. The molecule has 1 aromatic heterocycles. The van der Waals surface area contributed by atoms with E-state index in [1.807, 2.05) is 24.3 Å². The molecule has 0 radical (unpaired) electrons. The maximum absolute atomic E-state index is 12.1. The van der Waals surface area contributed by atoms with E-state index in [-0.39, 0.29) is 5.91 Å². The maximum Gasteiger partial charge on any atom is 0.273 e. The molecule has 110 valence electrons. The van der Waals surface area contributed by atoms with Crippen LogP contribution in [0.3, 0.4) is 0 Å². The molecule has 0 saturated heterocycles. The molecule has 0 unspecified atom stereocenters. The van der Waals surface area contributed by atoms with E-state index >= 15 is 0 Å². The first-order valence-electron chi connectivity index (χ1n) is 6.39. The van der Waals surface area contributed by atoms with Gasteiger partial charge in [0.05, 0.1) is 0 Å². The molecular weight excluding hydrogens is 286 g/mol. The first-order chi connectivity index (χ1) is 10.1. The van der Waals surface area contributed by atoms with Gasteiger partial charge in [-0.05, 0) is 17.7 Å². The molecule has 1 heterocycles. The summed E-state index contributed by atoms with van der Waals surface area (Å²) in [7, 11) is 1.74. The van der Waals surface area contributed by atoms with Gasteiger partial charge in [0.2, 0.25) is 0 Å². The predicted octanol–water partition coefficient (Wildman–Crippen LogP) is 2.56. The molecule has 2 rings (SSSR count). The maximum atomic E-state index is 12.1. The lowest BCUT2D eigenvalue weighted by atomic mass is 10.2. The van der Waals surface area contributed by atoms with Crippen molar-refractivity contribution in [3.8, 4) is 5.75 Å². The summed E-state index contributed by atoms with van der Waals surface area (Å²) in [4.78, 5) is 17.8. The smallest absolute Gasteiger partial charge is 0.273 e. The molecule has 1 amide bonds. The Balaban J connectivity index is 1.97. The fraction of sp³-hybridized carbons (Fsp3) is 0.200. The van der Waals surface area contributed by atoms with Crippen LogP contribution in [0.15, 0.2) is 42.3 Å². The van der Waals surface area contributed by atoms with E-state index in [1.54, 1.807) is 23.4 Å². The number of nitrogens with zero attached hydrogens (tertiary/aromatic N) is 2. The molecule has 6 heteroatoms. The monoisotopic (exact) mass is 303 g/mol. The lowest BCUT2D eigenvalue weighted by Gasteiger charge is -2.16. The van der Waals surface area contributed by atoms with Gasteiger partial charge in [-0.1, -0.05) is 24.8 Å². The van der Waals surface area contributed by atoms with Crippen LogP contribution in [-0.4, -0.2) is 29.4 Å². The quantitative estimate of drug-likeness (QED) is 0.833. The van der Waals surface area contributed by atoms with Gasteiger partial charge >= 0.3 is 0 Å². The average Bonchev–Trinajstić information content (AvgIpc) is 2.92. The van der Waals surface area contributed by atoms with Crippen LogP contribution in [0, 0.1) is 0 Å². The van der Waals surface area contributed by atoms with E-state index < -0.39 is 0 Å². The van der Waals surface area contributed by atoms with Gasteiger partial charge in [0.25, 0.3) is 5.91 Å². The number of amides is 1. The number of hydrogen-bond acceptors (Lipinski definition) is 5. The first kappa shape index (κ1) is 15.1. The standard InChI is InChI=1S/C15H17N3O2S/c1-3-8-20-12-6-4-11(5-7-12)9-18(2)14(19)13-10-21-15(16)17-13/h3-7,10H,1,8-9H2,2H3,(H2,16,17). The summed E-state index contributed by atoms with van der Waals surface area (Å²) in [5, 5.41) is 2.07. The van der Waals surface area contributed by atoms with E-state index in [0.717, 1.165) is 11.3 Å². The molecule has 0 saturated carbocycles. The topological polar surface area (TPSA) is 68.5 Å². The zero-order valence-electron chi connectivity index (χ0n) is 11.8. The summed E-state index contributed by atoms with van der Waals surface area (Å²) in [5.74, 6) is 0.634. The van der Waals surface area contributed by atoms with Gasteiger partial charge < -0.3 is 15.4 Å². The van der Waals surface area contributed by atoms with Crippen molar-refractivity contribution >= 4 is 22.4 Å². The molecule has 0 aliphatic rings. The van der Waals surface area contributed by atoms with Gasteiger partial charge in [-0.3, -0.25) is 4.79 Å². The van der Waals surface area contributed by atoms with Crippen LogP contribution >= 0.6 is 11.3 Å². The highest BCUT2D eigenvalue weighted by Gasteiger charge is 2.15. The molecule has 5 nitrogen and oxygen atoms in total. The zero-order valence-corrected chi connectivity index (χ0v) is 12.6. The zero-order chi connectivity index (χ0) is 15.2. The van der Waals surface area contributed by atoms with E-state index in [0.29, 0.717) is 24.0 Å². The largest absolute Gasteiger partial charge is 0.490 e. The predicted molar refractivity (Wildman–Crippen MR) is 84.5 cm³/mol. The Labute approximate surface area is 127 Å². The van der Waals surface area contributed by atoms with Crippen LogP contribution in [0.1, 0.15) is 16.1 Å². The Morgan fingerprint density at radius 2 is 2.19 bits per heavy atom. The van der Waals surface area contributed by atoms with Crippen LogP contribution in [0.2, 0.25) is 0 Å². The molecule has 0 fully saturated rings. The fourth-order valence-corrected chi connectivity index (χ4v) is 2.31. The second-order valence-corrected chi connectivity index (χ2v) is 5.37. The molecule has 0 atom stereocenters. The highest BCUT2D eigenvalue weighted by molar-refractivity contribution is 7.13. The third kappa shape index (κ3) is 4.06. The number of rotatable bonds is 6. The molecule has 0 aliphatic heterocycles. The number of carbonyl (C=O) groups excluding carboxylic acids is 1. The van der Waals surface area contributed by atoms with Crippen molar-refractivity contribution in [2.24, 2.45) is 0 Å². The lowest BCUT2D eigenvalue weighted by Crippen LogP contribution is -2.26. The fourth-order valence-electron chi connectivity index (χ4n) is 1.77. The van der Waals surface area contributed by atoms with Crippen LogP contribution in [0.25, 0.3) is 0 Å². The molecular formula is C15H17N3O2S. The van der Waals surface area contributed by atoms with Crippen molar-refractivity contribution in [2.45, 2.75) is 6.54 Å². The lowest BCUT2D eigenvalue weighted by molar-refractivity contribution is 0.0780. The van der Waals surface area contributed by atoms with Crippen molar-refractivity contribution in [1.29, 1.82) is 0 Å². The second-order valence-electron chi connectivity index (χ2n) is 4.48. The first-order valence-corrected chi connectivity index (χ1v) is 7.27. The molecule has 1 aromatic carbocycles. The molecule has 0 aliphatic carbocycles. The van der Waals surface area contributed by atoms with Crippen LogP contribution in [0.5, 0.6) is 5.75 Å². The molecule has 0 bridgehead atoms. The third-order valence-corrected chi connectivity index (χ3v) is 3.47. The molecule has 2 aromatic rings. The minimum atomic E-state index is -0.144. The van der Waals surface area contributed by atoms with Gasteiger partial charge in [-0.15, -0.1) is 11.3 Å². The minimum absolute atomic E-state index is 0.144. The summed E-state index contributed by atoms with van der Waals surface area (Å²) in [6, 6.07) is 7.60. The Kier molecular flexibility index (Phi) is 4.94. The number of benzene rings is 1. The van der Waals surface area contributed by atoms with Crippen molar-refractivity contribution in [3.63, 3.8) is 0 Å². The highest BCUT2D eigenvalue weighted by Crippen LogP contribution is 2.16. The number of anilines is 1. The van der Waals surface area contributed by atoms with Gasteiger partial charge in [0, 0.05) is 19.0 Å². The summed E-state index contributed by atoms with van der Waals surface area (Å²) in [5.41, 5.74) is 6.94. The number of nitrogen functional groups attached to an aromatic ring is 1. The van der Waals surface area contributed by atoms with Crippen molar-refractivity contribution in [2.75, 3.05) is 19.4 Å². The molecule has 0 spiro atoms. The summed E-state index contributed by atoms with van der Waals surface area (Å²) in [6.45, 7) is 4.57. The third-order valence-electron chi connectivity index (χ3n) is 2.80. The van der Waals surface area contributed by atoms with Crippen LogP contribution in [-0.2, 0) is 6.54 Å². The Morgan fingerprint density at radius 1 is 1.48 bits per heavy atom. The van der Waals surface area contributed by atoms with E-state index in [9.17, 15) is 4.79 Å². The SMILES string of the molecule is C=CCOc1ccc(CN(C)C(=O)c2csc(N)n2)cc1. The Bertz CT molecular complexity index is 622. The average molecular weight is 303 g/mol. The van der Waals surface area contributed by atoms with Gasteiger partial charge in [-0.2, -0.15) is 0 Å². The number of nitrogens with two attached hydrogens (primary N) is 1. The number of hydrogen-bond donors (Lipinski definition) is 1. The van der Waals surface area contributed by atoms with Gasteiger partial charge in [0.1, 0.15) is 18.1 Å². The normalized spacial score (nSPS) is 10.1. The second kappa shape index (κ2) is 6.90. The van der Waals surface area contributed by atoms with Gasteiger partial charge in [0.15, 0.2) is 5.13 Å². The van der Waals surface area contributed by atoms with Crippen molar-refractivity contribution in [1.82, 2.24) is 9.88 Å². The Morgan fingerprint density at radius 3 is 2.76 bits per heavy atom. The number of thiazole rings is 1. The minimum Gasteiger partial charge on any atom is -0.490 e. The van der Waals surface area contributed by atoms with E-state index in [4.69, 9.17) is 10.5 Å². The Hall–Kier alpha value is -2.34. The summed E-state index contributed by atoms with van der Waals surface area (Å²) in [6.07, 6.45) is 1.69. The van der Waals surface area contributed by atoms with E-state index in [1.165, 1.54) is 11.3 Å². The number of carbonyl (C=O) groups is 1.